The fourth-order valence-electron chi connectivity index (χ4n) is 6.79. The summed E-state index contributed by atoms with van der Waals surface area (Å²) in [6, 6.07) is 16.9. The molecule has 7 nitrogen and oxygen atoms in total. The number of alkyl halides is 1. The van der Waals surface area contributed by atoms with Crippen molar-refractivity contribution in [3.63, 3.8) is 0 Å². The summed E-state index contributed by atoms with van der Waals surface area (Å²) >= 11 is 0. The second kappa shape index (κ2) is 13.6. The van der Waals surface area contributed by atoms with Gasteiger partial charge in [0.05, 0.1) is 19.3 Å². The number of amides is 1. The quantitative estimate of drug-likeness (QED) is 0.228. The van der Waals surface area contributed by atoms with E-state index in [0.29, 0.717) is 24.8 Å². The third kappa shape index (κ3) is 6.59. The summed E-state index contributed by atoms with van der Waals surface area (Å²) in [6.45, 7) is 2.68. The van der Waals surface area contributed by atoms with Crippen LogP contribution in [0, 0.1) is 17.8 Å². The lowest BCUT2D eigenvalue weighted by Crippen LogP contribution is -2.46. The Balaban J connectivity index is 1.33. The summed E-state index contributed by atoms with van der Waals surface area (Å²) in [5.41, 5.74) is 3.03. The van der Waals surface area contributed by atoms with E-state index in [-0.39, 0.29) is 49.1 Å². The van der Waals surface area contributed by atoms with Gasteiger partial charge in [0, 0.05) is 42.8 Å². The minimum atomic E-state index is -0.532. The van der Waals surface area contributed by atoms with Gasteiger partial charge in [0.1, 0.15) is 12.3 Å². The first-order chi connectivity index (χ1) is 20.4. The van der Waals surface area contributed by atoms with Gasteiger partial charge in [-0.25, -0.2) is 4.79 Å². The van der Waals surface area contributed by atoms with Crippen LogP contribution in [0.15, 0.2) is 54.6 Å². The molecule has 42 heavy (non-hydrogen) atoms. The molecule has 2 aliphatic rings. The molecule has 2 heterocycles. The summed E-state index contributed by atoms with van der Waals surface area (Å²) < 4.78 is 23.4. The van der Waals surface area contributed by atoms with Crippen molar-refractivity contribution in [2.24, 2.45) is 17.8 Å². The van der Waals surface area contributed by atoms with Crippen molar-refractivity contribution in [3.05, 3.63) is 71.4 Å². The van der Waals surface area contributed by atoms with E-state index >= 15 is 0 Å². The Hall–Kier alpha value is -3.52. The van der Waals surface area contributed by atoms with Crippen molar-refractivity contribution < 1.29 is 28.2 Å². The van der Waals surface area contributed by atoms with E-state index in [0.717, 1.165) is 54.1 Å². The van der Waals surface area contributed by atoms with Crippen LogP contribution in [0.25, 0.3) is 10.9 Å². The predicted molar refractivity (Wildman–Crippen MR) is 159 cm³/mol. The van der Waals surface area contributed by atoms with Gasteiger partial charge in [-0.1, -0.05) is 43.3 Å². The largest absolute Gasteiger partial charge is 0.459 e. The Morgan fingerprint density at radius 3 is 2.48 bits per heavy atom. The number of hydrogen-bond acceptors (Lipinski definition) is 5. The molecule has 1 aromatic heterocycles. The molecule has 5 rings (SSSR count). The molecule has 224 valence electrons. The average Bonchev–Trinajstić information content (AvgIpc) is 3.66. The lowest BCUT2D eigenvalue weighted by Gasteiger charge is -2.35. The number of ketones is 1. The molecule has 1 saturated carbocycles. The lowest BCUT2D eigenvalue weighted by atomic mass is 9.76. The van der Waals surface area contributed by atoms with Gasteiger partial charge in [0.2, 0.25) is 5.91 Å². The average molecular weight is 577 g/mol. The monoisotopic (exact) mass is 576 g/mol. The van der Waals surface area contributed by atoms with Gasteiger partial charge in [0.15, 0.2) is 5.78 Å². The number of methoxy groups -OCH3 is 1. The number of benzene rings is 2. The van der Waals surface area contributed by atoms with Gasteiger partial charge in [-0.3, -0.25) is 14.0 Å². The first kappa shape index (κ1) is 30.0. The summed E-state index contributed by atoms with van der Waals surface area (Å²) in [7, 11) is 1.55. The first-order valence-electron chi connectivity index (χ1n) is 15.1. The van der Waals surface area contributed by atoms with Crippen LogP contribution in [0.1, 0.15) is 66.6 Å². The van der Waals surface area contributed by atoms with E-state index in [9.17, 15) is 18.8 Å². The van der Waals surface area contributed by atoms with E-state index in [2.05, 4.69) is 4.98 Å². The van der Waals surface area contributed by atoms with Crippen LogP contribution in [0.3, 0.4) is 0 Å². The van der Waals surface area contributed by atoms with Crippen LogP contribution in [-0.4, -0.2) is 67.1 Å². The van der Waals surface area contributed by atoms with Crippen LogP contribution < -0.4 is 0 Å². The van der Waals surface area contributed by atoms with E-state index in [1.165, 1.54) is 0 Å². The van der Waals surface area contributed by atoms with Gasteiger partial charge in [-0.2, -0.15) is 0 Å². The summed E-state index contributed by atoms with van der Waals surface area (Å²) in [5.74, 6) is -0.201. The second-order valence-corrected chi connectivity index (χ2v) is 11.9. The van der Waals surface area contributed by atoms with Gasteiger partial charge >= 0.3 is 5.97 Å². The Morgan fingerprint density at radius 1 is 1.00 bits per heavy atom. The number of Topliss-reactive ketones (excluding diaryl/α,β-unsaturated/α-hetero) is 1. The van der Waals surface area contributed by atoms with Crippen LogP contribution in [0.2, 0.25) is 0 Å². The highest BCUT2D eigenvalue weighted by atomic mass is 19.1. The molecule has 3 aromatic rings. The van der Waals surface area contributed by atoms with Crippen LogP contribution >= 0.6 is 0 Å². The number of carbonyl (C=O) groups excluding carboxylic acids is 3. The molecule has 2 aromatic carbocycles. The van der Waals surface area contributed by atoms with Crippen molar-refractivity contribution >= 4 is 28.6 Å². The molecule has 0 radical (unpaired) electrons. The molecule has 3 atom stereocenters. The molecule has 1 aliphatic heterocycles. The second-order valence-electron chi connectivity index (χ2n) is 11.9. The van der Waals surface area contributed by atoms with Crippen molar-refractivity contribution in [2.75, 3.05) is 33.5 Å². The summed E-state index contributed by atoms with van der Waals surface area (Å²) in [5, 5.41) is 0.817. The maximum absolute atomic E-state index is 14.0. The number of ether oxygens (including phenoxy) is 2. The molecule has 8 heteroatoms. The van der Waals surface area contributed by atoms with Crippen molar-refractivity contribution in [1.29, 1.82) is 0 Å². The van der Waals surface area contributed by atoms with Crippen LogP contribution in [-0.2, 0) is 25.5 Å². The number of nitrogens with one attached hydrogen (secondary N) is 1. The maximum atomic E-state index is 14.0. The van der Waals surface area contributed by atoms with Gasteiger partial charge in [-0.15, -0.1) is 0 Å². The fourth-order valence-corrected chi connectivity index (χ4v) is 6.79. The highest BCUT2D eigenvalue weighted by Crippen LogP contribution is 2.39. The highest BCUT2D eigenvalue weighted by Gasteiger charge is 2.44. The zero-order valence-electron chi connectivity index (χ0n) is 24.5. The molecule has 1 aliphatic carbocycles. The summed E-state index contributed by atoms with van der Waals surface area (Å²) in [4.78, 5) is 45.2. The topological polar surface area (TPSA) is 88.7 Å². The summed E-state index contributed by atoms with van der Waals surface area (Å²) in [6.07, 6.45) is 4.14. The SMILES string of the molecule is COCCOC(=O)c1cc2cc(CC(=O)[C@@H]3[C@@H](c4ccccc4)CCN3C(=O)C3CCC([C@H](C)CF)CC3)ccc2[nH]1. The molecule has 0 bridgehead atoms. The van der Waals surface area contributed by atoms with E-state index in [1.807, 2.05) is 60.4 Å². The standard InChI is InChI=1S/C34H41FN2O5/c1-22(21-35)24-9-11-26(12-10-24)33(39)37-15-14-28(25-6-4-3-5-7-25)32(37)31(38)19-23-8-13-29-27(18-23)20-30(36-29)34(40)42-17-16-41-2/h3-8,13,18,20,22,24,26,28,32,36H,9-12,14-17,19,21H2,1-2H3/t22-,24?,26?,28-,32+/m1/s1. The van der Waals surface area contributed by atoms with E-state index in [1.54, 1.807) is 13.2 Å². The van der Waals surface area contributed by atoms with Crippen LogP contribution in [0.5, 0.6) is 0 Å². The smallest absolute Gasteiger partial charge is 0.354 e. The molecule has 0 spiro atoms. The first-order valence-corrected chi connectivity index (χ1v) is 15.1. The third-order valence-corrected chi connectivity index (χ3v) is 9.21. The fraction of sp³-hybridized carbons (Fsp3) is 0.500. The molecule has 1 N–H and O–H groups in total. The van der Waals surface area contributed by atoms with Gasteiger partial charge in [0.25, 0.3) is 0 Å². The third-order valence-electron chi connectivity index (χ3n) is 9.21. The Bertz CT molecular complexity index is 1380. The number of nitrogens with zero attached hydrogens (tertiary/aromatic N) is 1. The lowest BCUT2D eigenvalue weighted by molar-refractivity contribution is -0.142. The Morgan fingerprint density at radius 2 is 1.76 bits per heavy atom. The number of likely N-dealkylation sites (tertiary alicyclic amines) is 1. The van der Waals surface area contributed by atoms with Crippen LogP contribution in [0.4, 0.5) is 4.39 Å². The number of fused-ring (bicyclic) bond motifs is 1. The number of H-pyrrole nitrogens is 1. The Labute approximate surface area is 246 Å². The number of carbonyl (C=O) groups is 3. The number of halogens is 1. The molecule has 1 saturated heterocycles. The molecule has 1 amide bonds. The molecule has 2 fully saturated rings. The number of aromatic nitrogens is 1. The molecule has 0 unspecified atom stereocenters. The van der Waals surface area contributed by atoms with E-state index in [4.69, 9.17) is 9.47 Å². The van der Waals surface area contributed by atoms with Crippen molar-refractivity contribution in [3.8, 4) is 0 Å². The van der Waals surface area contributed by atoms with E-state index < -0.39 is 12.0 Å². The molecular formula is C34H41FN2O5. The minimum absolute atomic E-state index is 0.0172. The maximum Gasteiger partial charge on any atom is 0.354 e. The zero-order chi connectivity index (χ0) is 29.6. The predicted octanol–water partition coefficient (Wildman–Crippen LogP) is 5.88. The van der Waals surface area contributed by atoms with Crippen molar-refractivity contribution in [2.45, 2.75) is 57.4 Å². The number of esters is 1. The normalized spacial score (nSPS) is 23.2. The number of rotatable bonds is 11. The minimum Gasteiger partial charge on any atom is -0.459 e. The van der Waals surface area contributed by atoms with Crippen molar-refractivity contribution in [1.82, 2.24) is 9.88 Å². The Kier molecular flexibility index (Phi) is 9.73. The van der Waals surface area contributed by atoms with Gasteiger partial charge < -0.3 is 19.4 Å². The number of aromatic amines is 1. The van der Waals surface area contributed by atoms with Gasteiger partial charge in [-0.05, 0) is 73.3 Å². The zero-order valence-corrected chi connectivity index (χ0v) is 24.5. The number of hydrogen-bond donors (Lipinski definition) is 1. The molecular weight excluding hydrogens is 535 g/mol. The highest BCUT2D eigenvalue weighted by molar-refractivity contribution is 5.96.